The Morgan fingerprint density at radius 1 is 0.821 bits per heavy atom. The summed E-state index contributed by atoms with van der Waals surface area (Å²) >= 11 is 0. The third-order valence-electron chi connectivity index (χ3n) is 4.31. The maximum absolute atomic E-state index is 12.4. The van der Waals surface area contributed by atoms with Gasteiger partial charge >= 0.3 is 11.9 Å². The molecule has 3 rings (SSSR count). The molecule has 0 aliphatic carbocycles. The van der Waals surface area contributed by atoms with Crippen molar-refractivity contribution in [3.05, 3.63) is 83.4 Å². The van der Waals surface area contributed by atoms with E-state index in [1.165, 1.54) is 12.1 Å². The van der Waals surface area contributed by atoms with Crippen molar-refractivity contribution in [2.45, 2.75) is 6.92 Å². The number of carbonyl (C=O) groups is 3. The lowest BCUT2D eigenvalue weighted by atomic mass is 10.0. The molecule has 0 bridgehead atoms. The van der Waals surface area contributed by atoms with Crippen LogP contribution in [0.25, 0.3) is 16.3 Å². The summed E-state index contributed by atoms with van der Waals surface area (Å²) in [5.41, 5.74) is 1.17. The highest BCUT2D eigenvalue weighted by Crippen LogP contribution is 2.22. The van der Waals surface area contributed by atoms with E-state index in [0.717, 1.165) is 28.5 Å². The number of hydrogen-bond donors (Lipinski definition) is 3. The van der Waals surface area contributed by atoms with Crippen LogP contribution in [-0.4, -0.2) is 28.1 Å². The zero-order valence-electron chi connectivity index (χ0n) is 15.0. The number of carbonyl (C=O) groups excluding carboxylic acids is 1. The Bertz CT molecular complexity index is 1130. The summed E-state index contributed by atoms with van der Waals surface area (Å²) in [7, 11) is 0. The highest BCUT2D eigenvalue weighted by molar-refractivity contribution is 6.08. The monoisotopic (exact) mass is 375 g/mol. The van der Waals surface area contributed by atoms with Gasteiger partial charge in [-0.1, -0.05) is 36.4 Å². The molecule has 0 spiro atoms. The van der Waals surface area contributed by atoms with Crippen LogP contribution in [0.3, 0.4) is 0 Å². The number of fused-ring (bicyclic) bond motifs is 1. The minimum atomic E-state index is -1.26. The highest BCUT2D eigenvalue weighted by Gasteiger charge is 2.15. The van der Waals surface area contributed by atoms with Crippen LogP contribution < -0.4 is 5.32 Å². The lowest BCUT2D eigenvalue weighted by Crippen LogP contribution is -2.13. The second-order valence-corrected chi connectivity index (χ2v) is 6.25. The highest BCUT2D eigenvalue weighted by atomic mass is 16.4. The molecular formula is C22H17NO5. The fourth-order valence-electron chi connectivity index (χ4n) is 2.85. The maximum Gasteiger partial charge on any atom is 0.337 e. The summed E-state index contributed by atoms with van der Waals surface area (Å²) in [4.78, 5) is 34.8. The number of benzene rings is 3. The van der Waals surface area contributed by atoms with Crippen molar-refractivity contribution >= 4 is 39.9 Å². The first-order chi connectivity index (χ1) is 13.3. The van der Waals surface area contributed by atoms with Gasteiger partial charge in [0.2, 0.25) is 5.91 Å². The van der Waals surface area contributed by atoms with E-state index in [-0.39, 0.29) is 16.8 Å². The lowest BCUT2D eigenvalue weighted by molar-refractivity contribution is -0.111. The number of carboxylic acids is 2. The van der Waals surface area contributed by atoms with E-state index in [2.05, 4.69) is 5.32 Å². The Balaban J connectivity index is 1.88. The molecule has 0 aliphatic rings. The van der Waals surface area contributed by atoms with Crippen molar-refractivity contribution in [1.29, 1.82) is 0 Å². The van der Waals surface area contributed by atoms with Crippen LogP contribution in [0.1, 0.15) is 33.2 Å². The van der Waals surface area contributed by atoms with Crippen LogP contribution in [0.2, 0.25) is 0 Å². The number of nitrogens with one attached hydrogen (secondary N) is 1. The third kappa shape index (κ3) is 4.07. The number of carboxylic acid groups (broad SMARTS) is 2. The van der Waals surface area contributed by atoms with Gasteiger partial charge in [0, 0.05) is 6.08 Å². The van der Waals surface area contributed by atoms with Gasteiger partial charge in [-0.3, -0.25) is 4.79 Å². The maximum atomic E-state index is 12.4. The molecule has 0 atom stereocenters. The largest absolute Gasteiger partial charge is 0.478 e. The van der Waals surface area contributed by atoms with Crippen LogP contribution in [0.4, 0.5) is 5.69 Å². The Hall–Kier alpha value is -3.93. The predicted octanol–water partition coefficient (Wildman–Crippen LogP) is 4.28. The number of amides is 1. The molecule has 0 saturated carbocycles. The van der Waals surface area contributed by atoms with Gasteiger partial charge in [0.05, 0.1) is 16.8 Å². The summed E-state index contributed by atoms with van der Waals surface area (Å²) in [6, 6.07) is 17.1. The molecule has 6 heteroatoms. The molecule has 1 amide bonds. The van der Waals surface area contributed by atoms with E-state index in [1.54, 1.807) is 6.92 Å². The quantitative estimate of drug-likeness (QED) is 0.578. The fourth-order valence-corrected chi connectivity index (χ4v) is 2.85. The first kappa shape index (κ1) is 18.8. The van der Waals surface area contributed by atoms with Gasteiger partial charge in [0.25, 0.3) is 0 Å². The molecule has 0 fully saturated rings. The minimum Gasteiger partial charge on any atom is -0.478 e. The van der Waals surface area contributed by atoms with Gasteiger partial charge in [-0.2, -0.15) is 0 Å². The molecular weight excluding hydrogens is 358 g/mol. The molecule has 28 heavy (non-hydrogen) atoms. The Morgan fingerprint density at radius 2 is 1.50 bits per heavy atom. The molecule has 3 aromatic carbocycles. The van der Waals surface area contributed by atoms with Gasteiger partial charge < -0.3 is 15.5 Å². The molecule has 6 nitrogen and oxygen atoms in total. The predicted molar refractivity (Wildman–Crippen MR) is 107 cm³/mol. The Labute approximate surface area is 160 Å². The fraction of sp³-hybridized carbons (Fsp3) is 0.0455. The summed E-state index contributed by atoms with van der Waals surface area (Å²) in [6.45, 7) is 1.77. The van der Waals surface area contributed by atoms with Gasteiger partial charge in [-0.15, -0.1) is 0 Å². The topological polar surface area (TPSA) is 104 Å². The van der Waals surface area contributed by atoms with Crippen molar-refractivity contribution in [3.63, 3.8) is 0 Å². The zero-order valence-corrected chi connectivity index (χ0v) is 15.0. The normalized spacial score (nSPS) is 11.2. The number of rotatable bonds is 5. The van der Waals surface area contributed by atoms with E-state index < -0.39 is 17.8 Å². The average molecular weight is 375 g/mol. The van der Waals surface area contributed by atoms with Crippen LogP contribution in [-0.2, 0) is 4.79 Å². The molecule has 0 unspecified atom stereocenters. The van der Waals surface area contributed by atoms with Crippen molar-refractivity contribution in [1.82, 2.24) is 0 Å². The van der Waals surface area contributed by atoms with E-state index in [4.69, 9.17) is 5.11 Å². The molecule has 140 valence electrons. The van der Waals surface area contributed by atoms with Crippen molar-refractivity contribution < 1.29 is 24.6 Å². The van der Waals surface area contributed by atoms with Crippen LogP contribution >= 0.6 is 0 Å². The van der Waals surface area contributed by atoms with Gasteiger partial charge in [0.1, 0.15) is 0 Å². The standard InChI is InChI=1S/C22H17NO5/c1-13(15-7-6-14-4-2-3-5-16(14)11-15)10-20(24)23-19-12-17(21(25)26)8-9-18(19)22(27)28/h2-12H,1H3,(H,23,24)(H,25,26)(H,27,28). The molecule has 0 heterocycles. The molecule has 0 radical (unpaired) electrons. The Kier molecular flexibility index (Phi) is 5.22. The van der Waals surface area contributed by atoms with E-state index >= 15 is 0 Å². The van der Waals surface area contributed by atoms with Crippen molar-refractivity contribution in [2.24, 2.45) is 0 Å². The zero-order chi connectivity index (χ0) is 20.3. The smallest absolute Gasteiger partial charge is 0.337 e. The number of hydrogen-bond acceptors (Lipinski definition) is 3. The summed E-state index contributed by atoms with van der Waals surface area (Å²) in [5, 5.41) is 22.9. The van der Waals surface area contributed by atoms with E-state index in [0.29, 0.717) is 5.57 Å². The second kappa shape index (κ2) is 7.75. The summed E-state index contributed by atoms with van der Waals surface area (Å²) in [6.07, 6.45) is 1.35. The van der Waals surface area contributed by atoms with Crippen LogP contribution in [0, 0.1) is 0 Å². The van der Waals surface area contributed by atoms with E-state index in [1.807, 2.05) is 42.5 Å². The van der Waals surface area contributed by atoms with Gasteiger partial charge in [0.15, 0.2) is 0 Å². The second-order valence-electron chi connectivity index (χ2n) is 6.25. The third-order valence-corrected chi connectivity index (χ3v) is 4.31. The Morgan fingerprint density at radius 3 is 2.18 bits per heavy atom. The molecule has 0 saturated heterocycles. The van der Waals surface area contributed by atoms with Crippen molar-refractivity contribution in [2.75, 3.05) is 5.32 Å². The number of anilines is 1. The van der Waals surface area contributed by atoms with Crippen LogP contribution in [0.15, 0.2) is 66.7 Å². The molecule has 3 aromatic rings. The average Bonchev–Trinajstić information content (AvgIpc) is 2.67. The molecule has 0 aliphatic heterocycles. The van der Waals surface area contributed by atoms with Crippen LogP contribution in [0.5, 0.6) is 0 Å². The van der Waals surface area contributed by atoms with Crippen molar-refractivity contribution in [3.8, 4) is 0 Å². The number of allylic oxidation sites excluding steroid dienone is 1. The SMILES string of the molecule is CC(=CC(=O)Nc1cc(C(=O)O)ccc1C(=O)O)c1ccc2ccccc2c1. The first-order valence-corrected chi connectivity index (χ1v) is 8.44. The number of aromatic carboxylic acids is 2. The van der Waals surface area contributed by atoms with Gasteiger partial charge in [-0.05, 0) is 53.1 Å². The summed E-state index contributed by atoms with van der Waals surface area (Å²) in [5.74, 6) is -3.02. The molecule has 3 N–H and O–H groups in total. The van der Waals surface area contributed by atoms with E-state index in [9.17, 15) is 19.5 Å². The minimum absolute atomic E-state index is 0.0695. The summed E-state index contributed by atoms with van der Waals surface area (Å²) < 4.78 is 0. The molecule has 0 aromatic heterocycles. The first-order valence-electron chi connectivity index (χ1n) is 8.44. The lowest BCUT2D eigenvalue weighted by Gasteiger charge is -2.09. The van der Waals surface area contributed by atoms with Gasteiger partial charge in [-0.25, -0.2) is 9.59 Å².